The quantitative estimate of drug-likeness (QED) is 0.192. The van der Waals surface area contributed by atoms with E-state index in [0.717, 1.165) is 44.6 Å². The molecule has 0 unspecified atom stereocenters. The highest BCUT2D eigenvalue weighted by molar-refractivity contribution is 6.09. The first kappa shape index (κ1) is 28.3. The summed E-state index contributed by atoms with van der Waals surface area (Å²) >= 11 is 0. The molecule has 0 saturated heterocycles. The van der Waals surface area contributed by atoms with E-state index in [1.165, 1.54) is 6.07 Å². The molecule has 5 nitrogen and oxygen atoms in total. The monoisotopic (exact) mass is 619 g/mol. The maximum atomic E-state index is 14.0. The van der Waals surface area contributed by atoms with Crippen LogP contribution < -0.4 is 0 Å². The van der Waals surface area contributed by atoms with Crippen LogP contribution in [0.15, 0.2) is 146 Å². The molecule has 8 aromatic rings. The van der Waals surface area contributed by atoms with Gasteiger partial charge >= 0.3 is 6.18 Å². The first-order valence-corrected chi connectivity index (χ1v) is 15.0. The summed E-state index contributed by atoms with van der Waals surface area (Å²) in [5.41, 5.74) is 5.30. The Kier molecular flexibility index (Phi) is 6.83. The number of hydrogen-bond acceptors (Lipinski definition) is 4. The summed E-state index contributed by atoms with van der Waals surface area (Å²) in [5, 5.41) is 1.58. The third-order valence-corrected chi connectivity index (χ3v) is 8.19. The molecule has 8 heteroatoms. The van der Waals surface area contributed by atoms with Gasteiger partial charge in [-0.1, -0.05) is 91.0 Å². The van der Waals surface area contributed by atoms with Crippen molar-refractivity contribution >= 4 is 21.8 Å². The summed E-state index contributed by atoms with van der Waals surface area (Å²) in [7, 11) is 0. The fraction of sp³-hybridized carbons (Fsp3) is 0.0256. The molecule has 0 amide bonds. The Bertz CT molecular complexity index is 2330. The third-order valence-electron chi connectivity index (χ3n) is 8.19. The molecule has 0 radical (unpaired) electrons. The van der Waals surface area contributed by atoms with Gasteiger partial charge in [0.25, 0.3) is 0 Å². The maximum Gasteiger partial charge on any atom is 0.416 e. The van der Waals surface area contributed by atoms with Crippen molar-refractivity contribution in [1.82, 2.24) is 24.5 Å². The van der Waals surface area contributed by atoms with E-state index in [4.69, 9.17) is 15.0 Å². The normalized spacial score (nSPS) is 11.7. The van der Waals surface area contributed by atoms with Crippen molar-refractivity contribution in [2.24, 2.45) is 0 Å². The molecule has 0 aliphatic heterocycles. The van der Waals surface area contributed by atoms with Gasteiger partial charge in [0, 0.05) is 45.5 Å². The zero-order valence-electron chi connectivity index (χ0n) is 24.7. The molecule has 226 valence electrons. The van der Waals surface area contributed by atoms with Gasteiger partial charge in [0.1, 0.15) is 0 Å². The van der Waals surface area contributed by atoms with E-state index in [0.29, 0.717) is 34.2 Å². The largest absolute Gasteiger partial charge is 0.416 e. The van der Waals surface area contributed by atoms with Crippen molar-refractivity contribution < 1.29 is 13.2 Å². The van der Waals surface area contributed by atoms with Crippen LogP contribution in [0.4, 0.5) is 13.2 Å². The summed E-state index contributed by atoms with van der Waals surface area (Å²) in [5.74, 6) is 1.45. The van der Waals surface area contributed by atoms with Gasteiger partial charge in [0.2, 0.25) is 0 Å². The molecule has 0 spiro atoms. The Morgan fingerprint density at radius 1 is 0.468 bits per heavy atom. The lowest BCUT2D eigenvalue weighted by molar-refractivity contribution is -0.137. The fourth-order valence-electron chi connectivity index (χ4n) is 5.99. The zero-order valence-corrected chi connectivity index (χ0v) is 24.7. The molecule has 0 atom stereocenters. The number of halogens is 3. The minimum atomic E-state index is -4.49. The third kappa shape index (κ3) is 5.19. The van der Waals surface area contributed by atoms with Gasteiger partial charge < -0.3 is 4.57 Å². The van der Waals surface area contributed by atoms with E-state index in [9.17, 15) is 13.2 Å². The fourth-order valence-corrected chi connectivity index (χ4v) is 5.99. The van der Waals surface area contributed by atoms with E-state index in [1.807, 2.05) is 120 Å². The van der Waals surface area contributed by atoms with Crippen molar-refractivity contribution in [1.29, 1.82) is 0 Å². The van der Waals surface area contributed by atoms with Gasteiger partial charge in [0.05, 0.1) is 16.6 Å². The van der Waals surface area contributed by atoms with Crippen LogP contribution in [0.5, 0.6) is 0 Å². The maximum absolute atomic E-state index is 14.0. The SMILES string of the molecule is FC(F)(F)c1ccc2c3ccccc3n(-c3ccc(-c4ccncc4)c(-c4nc(-c5ccccc5)nc(-c5ccccc5)n4)c3)c2c1. The van der Waals surface area contributed by atoms with Crippen molar-refractivity contribution in [2.45, 2.75) is 6.18 Å². The summed E-state index contributed by atoms with van der Waals surface area (Å²) in [6.45, 7) is 0. The second-order valence-corrected chi connectivity index (χ2v) is 11.1. The van der Waals surface area contributed by atoms with E-state index < -0.39 is 11.7 Å². The number of para-hydroxylation sites is 1. The lowest BCUT2D eigenvalue weighted by atomic mass is 9.99. The van der Waals surface area contributed by atoms with Crippen molar-refractivity contribution in [3.05, 3.63) is 151 Å². The number of hydrogen-bond donors (Lipinski definition) is 0. The predicted octanol–water partition coefficient (Wildman–Crippen LogP) is 10.1. The summed E-state index contributed by atoms with van der Waals surface area (Å²) in [6, 6.07) is 40.6. The molecule has 0 aliphatic carbocycles. The van der Waals surface area contributed by atoms with E-state index in [-0.39, 0.29) is 0 Å². The van der Waals surface area contributed by atoms with Crippen LogP contribution in [-0.2, 0) is 6.18 Å². The Morgan fingerprint density at radius 3 is 1.72 bits per heavy atom. The first-order chi connectivity index (χ1) is 22.9. The molecule has 3 aromatic heterocycles. The number of alkyl halides is 3. The molecular weight excluding hydrogens is 595 g/mol. The Labute approximate surface area is 267 Å². The van der Waals surface area contributed by atoms with E-state index in [1.54, 1.807) is 18.5 Å². The van der Waals surface area contributed by atoms with E-state index in [2.05, 4.69) is 4.98 Å². The lowest BCUT2D eigenvalue weighted by Crippen LogP contribution is -2.05. The standard InChI is InChI=1S/C39H24F3N5/c40-39(41,42)28-15-17-32-31-13-7-8-14-34(31)47(35(32)23-28)29-16-18-30(25-19-21-43-22-20-25)33(24-29)38-45-36(26-9-3-1-4-10-26)44-37(46-38)27-11-5-2-6-12-27/h1-24H. The number of fused-ring (bicyclic) bond motifs is 3. The minimum Gasteiger partial charge on any atom is -0.309 e. The Morgan fingerprint density at radius 2 is 1.06 bits per heavy atom. The molecule has 0 saturated carbocycles. The van der Waals surface area contributed by atoms with Gasteiger partial charge in [-0.2, -0.15) is 13.2 Å². The predicted molar refractivity (Wildman–Crippen MR) is 179 cm³/mol. The first-order valence-electron chi connectivity index (χ1n) is 15.0. The van der Waals surface area contributed by atoms with Crippen LogP contribution in [-0.4, -0.2) is 24.5 Å². The number of benzene rings is 5. The number of pyridine rings is 1. The molecule has 0 fully saturated rings. The second kappa shape index (κ2) is 11.3. The summed E-state index contributed by atoms with van der Waals surface area (Å²) in [6.07, 6.45) is -1.05. The van der Waals surface area contributed by atoms with Crippen LogP contribution in [0, 0.1) is 0 Å². The molecule has 47 heavy (non-hydrogen) atoms. The highest BCUT2D eigenvalue weighted by atomic mass is 19.4. The van der Waals surface area contributed by atoms with Crippen LogP contribution >= 0.6 is 0 Å². The minimum absolute atomic E-state index is 0.433. The molecule has 5 aromatic carbocycles. The van der Waals surface area contributed by atoms with Gasteiger partial charge in [-0.25, -0.2) is 15.0 Å². The Balaban J connectivity index is 1.43. The van der Waals surface area contributed by atoms with Gasteiger partial charge in [-0.3, -0.25) is 4.98 Å². The molecule has 8 rings (SSSR count). The van der Waals surface area contributed by atoms with Crippen LogP contribution in [0.1, 0.15) is 5.56 Å². The molecular formula is C39H24F3N5. The summed E-state index contributed by atoms with van der Waals surface area (Å²) < 4.78 is 43.7. The molecule has 0 N–H and O–H groups in total. The van der Waals surface area contributed by atoms with Crippen LogP contribution in [0.3, 0.4) is 0 Å². The average Bonchev–Trinajstić information content (AvgIpc) is 3.46. The Hall–Kier alpha value is -6.15. The molecule has 0 aliphatic rings. The van der Waals surface area contributed by atoms with Crippen molar-refractivity contribution in [3.8, 4) is 51.0 Å². The number of aromatic nitrogens is 5. The lowest BCUT2D eigenvalue weighted by Gasteiger charge is -2.16. The summed E-state index contributed by atoms with van der Waals surface area (Å²) in [4.78, 5) is 19.0. The average molecular weight is 620 g/mol. The van der Waals surface area contributed by atoms with Crippen molar-refractivity contribution in [3.63, 3.8) is 0 Å². The number of rotatable bonds is 5. The molecule has 3 heterocycles. The smallest absolute Gasteiger partial charge is 0.309 e. The zero-order chi connectivity index (χ0) is 32.0. The van der Waals surface area contributed by atoms with Crippen LogP contribution in [0.25, 0.3) is 72.8 Å². The van der Waals surface area contributed by atoms with Gasteiger partial charge in [-0.05, 0) is 53.6 Å². The van der Waals surface area contributed by atoms with Gasteiger partial charge in [-0.15, -0.1) is 0 Å². The second-order valence-electron chi connectivity index (χ2n) is 11.1. The van der Waals surface area contributed by atoms with E-state index >= 15 is 0 Å². The number of nitrogens with zero attached hydrogens (tertiary/aromatic N) is 5. The highest BCUT2D eigenvalue weighted by Gasteiger charge is 2.31. The molecule has 0 bridgehead atoms. The van der Waals surface area contributed by atoms with Crippen LogP contribution in [0.2, 0.25) is 0 Å². The van der Waals surface area contributed by atoms with Gasteiger partial charge in [0.15, 0.2) is 17.5 Å². The van der Waals surface area contributed by atoms with Crippen molar-refractivity contribution in [2.75, 3.05) is 0 Å². The topological polar surface area (TPSA) is 56.5 Å². The highest BCUT2D eigenvalue weighted by Crippen LogP contribution is 2.39.